The lowest BCUT2D eigenvalue weighted by molar-refractivity contribution is -0.142. The van der Waals surface area contributed by atoms with E-state index >= 15 is 0 Å². The summed E-state index contributed by atoms with van der Waals surface area (Å²) in [6.07, 6.45) is 0. The van der Waals surface area contributed by atoms with E-state index in [4.69, 9.17) is 20.7 Å². The normalized spacial score (nSPS) is 21.5. The van der Waals surface area contributed by atoms with Crippen LogP contribution in [0.4, 0.5) is 9.59 Å². The van der Waals surface area contributed by atoms with Gasteiger partial charge in [-0.25, -0.2) is 9.59 Å². The van der Waals surface area contributed by atoms with Crippen molar-refractivity contribution in [1.82, 2.24) is 20.4 Å². The molecule has 0 aromatic heterocycles. The van der Waals surface area contributed by atoms with Gasteiger partial charge in [0.25, 0.3) is 11.8 Å². The predicted octanol–water partition coefficient (Wildman–Crippen LogP) is 0.820. The van der Waals surface area contributed by atoms with E-state index in [0.29, 0.717) is 32.1 Å². The minimum atomic E-state index is -1.32. The van der Waals surface area contributed by atoms with Crippen molar-refractivity contribution >= 4 is 35.8 Å². The third kappa shape index (κ3) is 5.41. The number of carboxylic acids is 2. The largest absolute Gasteiger partial charge is 0.480 e. The Morgan fingerprint density at radius 2 is 1.00 bits per heavy atom. The first-order valence-corrected chi connectivity index (χ1v) is 11.5. The van der Waals surface area contributed by atoms with Crippen LogP contribution in [-0.4, -0.2) is 68.9 Å². The van der Waals surface area contributed by atoms with E-state index in [1.54, 1.807) is 24.3 Å². The lowest BCUT2D eigenvalue weighted by Crippen LogP contribution is -2.41. The van der Waals surface area contributed by atoms with Gasteiger partial charge in [0, 0.05) is 0 Å². The van der Waals surface area contributed by atoms with Crippen molar-refractivity contribution in [3.8, 4) is 12.1 Å². The molecule has 2 aliphatic rings. The highest BCUT2D eigenvalue weighted by molar-refractivity contribution is 6.09. The summed E-state index contributed by atoms with van der Waals surface area (Å²) in [5.74, 6) is -3.79. The molecule has 0 unspecified atom stereocenters. The number of hydrogen-bond acceptors (Lipinski definition) is 8. The van der Waals surface area contributed by atoms with Gasteiger partial charge in [0.15, 0.2) is 0 Å². The molecule has 2 heterocycles. The highest BCUT2D eigenvalue weighted by Gasteiger charge is 2.50. The maximum absolute atomic E-state index is 12.2. The van der Waals surface area contributed by atoms with Gasteiger partial charge in [0.05, 0.1) is 23.3 Å². The monoisotopic (exact) mass is 546 g/mol. The van der Waals surface area contributed by atoms with Gasteiger partial charge in [-0.15, -0.1) is 0 Å². The second-order valence-electron chi connectivity index (χ2n) is 9.06. The number of imide groups is 2. The zero-order chi connectivity index (χ0) is 29.8. The zero-order valence-electron chi connectivity index (χ0n) is 21.2. The predicted molar refractivity (Wildman–Crippen MR) is 133 cm³/mol. The van der Waals surface area contributed by atoms with Crippen molar-refractivity contribution < 1.29 is 39.0 Å². The van der Waals surface area contributed by atoms with E-state index in [9.17, 15) is 28.8 Å². The van der Waals surface area contributed by atoms with Gasteiger partial charge in [0.1, 0.15) is 24.2 Å². The second kappa shape index (κ2) is 10.9. The molecule has 4 rings (SSSR count). The van der Waals surface area contributed by atoms with Gasteiger partial charge in [0.2, 0.25) is 0 Å². The Kier molecular flexibility index (Phi) is 7.87. The Hall–Kier alpha value is -5.76. The van der Waals surface area contributed by atoms with Crippen LogP contribution in [0.25, 0.3) is 0 Å². The number of nitriles is 2. The van der Waals surface area contributed by atoms with E-state index in [1.807, 2.05) is 12.1 Å². The number of nitrogens with one attached hydrogen (secondary N) is 2. The first-order valence-electron chi connectivity index (χ1n) is 11.5. The van der Waals surface area contributed by atoms with E-state index in [-0.39, 0.29) is 0 Å². The molecule has 6 amide bonds. The average Bonchev–Trinajstić information content (AvgIpc) is 3.27. The molecule has 4 N–H and O–H groups in total. The summed E-state index contributed by atoms with van der Waals surface area (Å²) >= 11 is 0. The first kappa shape index (κ1) is 28.8. The fraction of sp³-hybridized carbons (Fsp3) is 0.231. The minimum absolute atomic E-state index is 0.427. The fourth-order valence-corrected chi connectivity index (χ4v) is 4.10. The van der Waals surface area contributed by atoms with Crippen molar-refractivity contribution in [3.05, 3.63) is 70.8 Å². The quantitative estimate of drug-likeness (QED) is 0.373. The molecule has 0 bridgehead atoms. The highest BCUT2D eigenvalue weighted by Crippen LogP contribution is 2.30. The summed E-state index contributed by atoms with van der Waals surface area (Å²) in [6.45, 7) is 1.63. The minimum Gasteiger partial charge on any atom is -0.480 e. The summed E-state index contributed by atoms with van der Waals surface area (Å²) < 4.78 is 0. The van der Waals surface area contributed by atoms with Crippen LogP contribution in [0.1, 0.15) is 36.1 Å². The molecule has 0 radical (unpaired) electrons. The Morgan fingerprint density at radius 3 is 1.25 bits per heavy atom. The van der Waals surface area contributed by atoms with Gasteiger partial charge in [-0.1, -0.05) is 24.3 Å². The van der Waals surface area contributed by atoms with Gasteiger partial charge in [-0.3, -0.25) is 29.0 Å². The zero-order valence-corrected chi connectivity index (χ0v) is 21.2. The molecule has 2 saturated heterocycles. The SMILES string of the molecule is C[C@]1(c2ccc(C#N)cc2)NC(=O)N(CC(=O)O)C1=O.C[C@]1(c2ccc(C#N)cc2)NC(=O)N(CC(=O)O)C1=O. The van der Waals surface area contributed by atoms with Crippen LogP contribution in [0.5, 0.6) is 0 Å². The number of nitrogens with zero attached hydrogens (tertiary/aromatic N) is 4. The summed E-state index contributed by atoms with van der Waals surface area (Å²) in [4.78, 5) is 70.5. The number of carbonyl (C=O) groups excluding carboxylic acids is 4. The standard InChI is InChI=1S/2C13H11N3O4/c2*1-13(9-4-2-8(6-14)3-5-9)11(19)16(7-10(17)18)12(20)15-13/h2*2-5H,7H2,1H3,(H,15,20)(H,17,18)/t2*13-/m11/s1. The van der Waals surface area contributed by atoms with Crippen molar-refractivity contribution in [2.45, 2.75) is 24.9 Å². The van der Waals surface area contributed by atoms with Crippen LogP contribution in [0.2, 0.25) is 0 Å². The molecule has 40 heavy (non-hydrogen) atoms. The molecular weight excluding hydrogens is 524 g/mol. The fourth-order valence-electron chi connectivity index (χ4n) is 4.10. The van der Waals surface area contributed by atoms with Crippen molar-refractivity contribution in [2.75, 3.05) is 13.1 Å². The first-order chi connectivity index (χ1) is 18.8. The van der Waals surface area contributed by atoms with Crippen LogP contribution < -0.4 is 10.6 Å². The molecule has 204 valence electrons. The van der Waals surface area contributed by atoms with Crippen molar-refractivity contribution in [2.24, 2.45) is 0 Å². The molecule has 14 nitrogen and oxygen atoms in total. The molecule has 0 aliphatic carbocycles. The molecular formula is C26H22N6O8. The number of carbonyl (C=O) groups is 6. The molecule has 2 fully saturated rings. The molecule has 14 heteroatoms. The number of carboxylic acid groups (broad SMARTS) is 2. The van der Waals surface area contributed by atoms with Crippen LogP contribution >= 0.6 is 0 Å². The molecule has 2 aromatic rings. The maximum Gasteiger partial charge on any atom is 0.325 e. The Bertz CT molecular complexity index is 1380. The number of urea groups is 2. The van der Waals surface area contributed by atoms with Gasteiger partial charge < -0.3 is 20.8 Å². The van der Waals surface area contributed by atoms with E-state index in [0.717, 1.165) is 0 Å². The topological polar surface area (TPSA) is 221 Å². The number of rotatable bonds is 6. The van der Waals surface area contributed by atoms with Crippen LogP contribution in [-0.2, 0) is 30.3 Å². The summed E-state index contributed by atoms with van der Waals surface area (Å²) in [7, 11) is 0. The van der Waals surface area contributed by atoms with Crippen molar-refractivity contribution in [3.63, 3.8) is 0 Å². The molecule has 0 saturated carbocycles. The molecule has 2 aliphatic heterocycles. The number of aliphatic carboxylic acids is 2. The van der Waals surface area contributed by atoms with Crippen LogP contribution in [0, 0.1) is 22.7 Å². The number of amides is 6. The van der Waals surface area contributed by atoms with Gasteiger partial charge in [-0.2, -0.15) is 10.5 Å². The lowest BCUT2D eigenvalue weighted by atomic mass is 9.91. The molecule has 0 spiro atoms. The lowest BCUT2D eigenvalue weighted by Gasteiger charge is -2.21. The molecule has 2 atom stereocenters. The maximum atomic E-state index is 12.2. The van der Waals surface area contributed by atoms with E-state index in [2.05, 4.69) is 10.6 Å². The van der Waals surface area contributed by atoms with Crippen LogP contribution in [0.3, 0.4) is 0 Å². The highest BCUT2D eigenvalue weighted by atomic mass is 16.4. The summed E-state index contributed by atoms with van der Waals surface area (Å²) in [5.41, 5.74) is -0.806. The third-order valence-corrected chi connectivity index (χ3v) is 6.32. The smallest absolute Gasteiger partial charge is 0.325 e. The summed E-state index contributed by atoms with van der Waals surface area (Å²) in [5, 5.41) is 39.8. The van der Waals surface area contributed by atoms with Crippen LogP contribution in [0.15, 0.2) is 48.5 Å². The Morgan fingerprint density at radius 1 is 0.700 bits per heavy atom. The number of hydrogen-bond donors (Lipinski definition) is 4. The van der Waals surface area contributed by atoms with E-state index in [1.165, 1.54) is 38.1 Å². The molecule has 2 aromatic carbocycles. The number of benzene rings is 2. The van der Waals surface area contributed by atoms with E-state index < -0.39 is 60.0 Å². The summed E-state index contributed by atoms with van der Waals surface area (Å²) in [6, 6.07) is 14.7. The average molecular weight is 546 g/mol. The third-order valence-electron chi connectivity index (χ3n) is 6.32. The Balaban J connectivity index is 0.000000220. The Labute approximate surface area is 227 Å². The van der Waals surface area contributed by atoms with Gasteiger partial charge >= 0.3 is 24.0 Å². The second-order valence-corrected chi connectivity index (χ2v) is 9.06. The van der Waals surface area contributed by atoms with Gasteiger partial charge in [-0.05, 0) is 49.2 Å². The van der Waals surface area contributed by atoms with Crippen molar-refractivity contribution in [1.29, 1.82) is 10.5 Å².